The van der Waals surface area contributed by atoms with E-state index in [9.17, 15) is 14.0 Å². The highest BCUT2D eigenvalue weighted by Crippen LogP contribution is 2.22. The van der Waals surface area contributed by atoms with Gasteiger partial charge in [0.05, 0.1) is 19.0 Å². The SMILES string of the molecule is CSc1ncc(C(=O)OC(C)C(=O)NCc2ccco2)n1-c1ccc(F)cc1. The zero-order valence-corrected chi connectivity index (χ0v) is 16.0. The van der Waals surface area contributed by atoms with E-state index >= 15 is 0 Å². The number of carbonyl (C=O) groups excluding carboxylic acids is 2. The zero-order chi connectivity index (χ0) is 20.1. The number of ether oxygens (including phenoxy) is 1. The first-order valence-electron chi connectivity index (χ1n) is 8.38. The molecule has 0 saturated heterocycles. The van der Waals surface area contributed by atoms with Crippen molar-refractivity contribution in [1.29, 1.82) is 0 Å². The van der Waals surface area contributed by atoms with Gasteiger partial charge in [-0.3, -0.25) is 9.36 Å². The van der Waals surface area contributed by atoms with Crippen LogP contribution >= 0.6 is 11.8 Å². The van der Waals surface area contributed by atoms with Crippen LogP contribution in [0.15, 0.2) is 58.4 Å². The van der Waals surface area contributed by atoms with Crippen LogP contribution in [0.3, 0.4) is 0 Å². The molecule has 0 aliphatic carbocycles. The van der Waals surface area contributed by atoms with E-state index in [0.29, 0.717) is 16.6 Å². The van der Waals surface area contributed by atoms with Crippen molar-refractivity contribution in [2.24, 2.45) is 0 Å². The van der Waals surface area contributed by atoms with E-state index in [0.717, 1.165) is 0 Å². The van der Waals surface area contributed by atoms with Gasteiger partial charge in [-0.05, 0) is 49.6 Å². The average Bonchev–Trinajstić information content (AvgIpc) is 3.36. The molecular weight excluding hydrogens is 385 g/mol. The summed E-state index contributed by atoms with van der Waals surface area (Å²) in [6.07, 6.45) is 3.66. The number of hydrogen-bond donors (Lipinski definition) is 1. The lowest BCUT2D eigenvalue weighted by Gasteiger charge is -2.14. The van der Waals surface area contributed by atoms with Crippen molar-refractivity contribution >= 4 is 23.6 Å². The van der Waals surface area contributed by atoms with Crippen LogP contribution in [0.5, 0.6) is 0 Å². The summed E-state index contributed by atoms with van der Waals surface area (Å²) in [5, 5.41) is 3.17. The molecule has 0 radical (unpaired) electrons. The Hall–Kier alpha value is -3.07. The molecule has 0 bridgehead atoms. The van der Waals surface area contributed by atoms with Crippen LogP contribution in [0.2, 0.25) is 0 Å². The first-order valence-corrected chi connectivity index (χ1v) is 9.61. The average molecular weight is 403 g/mol. The van der Waals surface area contributed by atoms with E-state index in [2.05, 4.69) is 10.3 Å². The van der Waals surface area contributed by atoms with Crippen LogP contribution in [0.25, 0.3) is 5.69 Å². The lowest BCUT2D eigenvalue weighted by Crippen LogP contribution is -2.35. The third-order valence-corrected chi connectivity index (χ3v) is 4.53. The van der Waals surface area contributed by atoms with Gasteiger partial charge in [-0.15, -0.1) is 0 Å². The van der Waals surface area contributed by atoms with Gasteiger partial charge in [-0.1, -0.05) is 11.8 Å². The molecule has 0 aliphatic rings. The largest absolute Gasteiger partial charge is 0.467 e. The summed E-state index contributed by atoms with van der Waals surface area (Å²) < 4.78 is 25.2. The van der Waals surface area contributed by atoms with Crippen LogP contribution in [0.1, 0.15) is 23.2 Å². The first kappa shape index (κ1) is 19.7. The minimum Gasteiger partial charge on any atom is -0.467 e. The number of carbonyl (C=O) groups is 2. The highest BCUT2D eigenvalue weighted by Gasteiger charge is 2.24. The third kappa shape index (κ3) is 4.42. The molecule has 0 saturated carbocycles. The molecule has 146 valence electrons. The summed E-state index contributed by atoms with van der Waals surface area (Å²) in [7, 11) is 0. The Bertz CT molecular complexity index is 954. The van der Waals surface area contributed by atoms with Crippen LogP contribution < -0.4 is 5.32 Å². The predicted molar refractivity (Wildman–Crippen MR) is 101 cm³/mol. The second-order valence-corrected chi connectivity index (χ2v) is 6.56. The van der Waals surface area contributed by atoms with Crippen LogP contribution in [-0.4, -0.2) is 33.8 Å². The molecule has 1 aromatic carbocycles. The Kier molecular flexibility index (Phi) is 6.15. The fourth-order valence-electron chi connectivity index (χ4n) is 2.47. The Morgan fingerprint density at radius 3 is 2.71 bits per heavy atom. The number of esters is 1. The minimum atomic E-state index is -1.02. The van der Waals surface area contributed by atoms with Crippen molar-refractivity contribution in [2.75, 3.05) is 6.26 Å². The van der Waals surface area contributed by atoms with E-state index in [1.54, 1.807) is 16.7 Å². The number of amides is 1. The summed E-state index contributed by atoms with van der Waals surface area (Å²) in [4.78, 5) is 29.0. The Balaban J connectivity index is 1.72. The summed E-state index contributed by atoms with van der Waals surface area (Å²) in [6.45, 7) is 1.67. The van der Waals surface area contributed by atoms with Gasteiger partial charge in [0.2, 0.25) is 0 Å². The molecule has 1 atom stereocenters. The maximum Gasteiger partial charge on any atom is 0.357 e. The van der Waals surface area contributed by atoms with E-state index in [1.165, 1.54) is 55.4 Å². The number of thioether (sulfide) groups is 1. The number of nitrogens with zero attached hydrogens (tertiary/aromatic N) is 2. The maximum absolute atomic E-state index is 13.2. The summed E-state index contributed by atoms with van der Waals surface area (Å²) in [6, 6.07) is 9.09. The molecule has 0 aliphatic heterocycles. The van der Waals surface area contributed by atoms with Crippen molar-refractivity contribution in [1.82, 2.24) is 14.9 Å². The Morgan fingerprint density at radius 1 is 1.32 bits per heavy atom. The standard InChI is InChI=1S/C19H18FN3O4S/c1-12(17(24)21-10-15-4-3-9-26-15)27-18(25)16-11-22-19(28-2)23(16)14-7-5-13(20)6-8-14/h3-9,11-12H,10H2,1-2H3,(H,21,24). The van der Waals surface area contributed by atoms with E-state index in [-0.39, 0.29) is 18.1 Å². The number of aromatic nitrogens is 2. The van der Waals surface area contributed by atoms with E-state index in [1.807, 2.05) is 6.26 Å². The molecule has 9 heteroatoms. The van der Waals surface area contributed by atoms with Gasteiger partial charge in [0.15, 0.2) is 17.0 Å². The lowest BCUT2D eigenvalue weighted by atomic mass is 10.3. The third-order valence-electron chi connectivity index (χ3n) is 3.88. The molecule has 0 spiro atoms. The smallest absolute Gasteiger partial charge is 0.357 e. The van der Waals surface area contributed by atoms with Gasteiger partial charge in [0.25, 0.3) is 5.91 Å². The van der Waals surface area contributed by atoms with Crippen LogP contribution in [0.4, 0.5) is 4.39 Å². The van der Waals surface area contributed by atoms with Crippen molar-refractivity contribution in [3.63, 3.8) is 0 Å². The van der Waals surface area contributed by atoms with Gasteiger partial charge in [-0.2, -0.15) is 0 Å². The number of halogens is 1. The molecule has 28 heavy (non-hydrogen) atoms. The maximum atomic E-state index is 13.2. The first-order chi connectivity index (χ1) is 13.5. The number of nitrogens with one attached hydrogen (secondary N) is 1. The lowest BCUT2D eigenvalue weighted by molar-refractivity contribution is -0.129. The second kappa shape index (κ2) is 8.75. The minimum absolute atomic E-state index is 0.140. The Morgan fingerprint density at radius 2 is 2.07 bits per heavy atom. The fraction of sp³-hybridized carbons (Fsp3) is 0.211. The molecule has 2 heterocycles. The van der Waals surface area contributed by atoms with Gasteiger partial charge < -0.3 is 14.5 Å². The van der Waals surface area contributed by atoms with Gasteiger partial charge in [0.1, 0.15) is 11.6 Å². The second-order valence-electron chi connectivity index (χ2n) is 5.79. The van der Waals surface area contributed by atoms with Crippen LogP contribution in [-0.2, 0) is 16.1 Å². The number of imidazole rings is 1. The molecule has 3 aromatic rings. The molecular formula is C19H18FN3O4S. The molecule has 1 amide bonds. The number of rotatable bonds is 7. The van der Waals surface area contributed by atoms with Crippen molar-refractivity contribution in [3.8, 4) is 5.69 Å². The topological polar surface area (TPSA) is 86.4 Å². The Labute approximate surface area is 164 Å². The highest BCUT2D eigenvalue weighted by atomic mass is 32.2. The van der Waals surface area contributed by atoms with Crippen molar-refractivity contribution in [2.45, 2.75) is 24.7 Å². The normalized spacial score (nSPS) is 11.8. The monoisotopic (exact) mass is 403 g/mol. The van der Waals surface area contributed by atoms with Crippen molar-refractivity contribution in [3.05, 3.63) is 66.1 Å². The molecule has 7 nitrogen and oxygen atoms in total. The quantitative estimate of drug-likeness (QED) is 0.482. The number of furan rings is 1. The van der Waals surface area contributed by atoms with Gasteiger partial charge >= 0.3 is 5.97 Å². The summed E-state index contributed by atoms with van der Waals surface area (Å²) in [5.41, 5.74) is 0.701. The zero-order valence-electron chi connectivity index (χ0n) is 15.2. The van der Waals surface area contributed by atoms with Crippen LogP contribution in [0, 0.1) is 5.82 Å². The molecule has 1 N–H and O–H groups in total. The molecule has 2 aromatic heterocycles. The predicted octanol–water partition coefficient (Wildman–Crippen LogP) is 3.19. The number of benzene rings is 1. The summed E-state index contributed by atoms with van der Waals surface area (Å²) >= 11 is 1.33. The highest BCUT2D eigenvalue weighted by molar-refractivity contribution is 7.98. The van der Waals surface area contributed by atoms with Gasteiger partial charge in [-0.25, -0.2) is 14.2 Å². The number of hydrogen-bond acceptors (Lipinski definition) is 6. The van der Waals surface area contributed by atoms with E-state index < -0.39 is 18.0 Å². The molecule has 1 unspecified atom stereocenters. The molecule has 3 rings (SSSR count). The van der Waals surface area contributed by atoms with Gasteiger partial charge in [0, 0.05) is 5.69 Å². The molecule has 0 fully saturated rings. The summed E-state index contributed by atoms with van der Waals surface area (Å²) in [5.74, 6) is -0.966. The fourth-order valence-corrected chi connectivity index (χ4v) is 3.01. The van der Waals surface area contributed by atoms with Crippen molar-refractivity contribution < 1.29 is 23.1 Å². The van der Waals surface area contributed by atoms with E-state index in [4.69, 9.17) is 9.15 Å².